The molecule has 2 heterocycles. The molecule has 4 rings (SSSR count). The third kappa shape index (κ3) is 4.04. The number of nitrogens with one attached hydrogen (secondary N) is 1. The summed E-state index contributed by atoms with van der Waals surface area (Å²) in [6, 6.07) is 4.20. The van der Waals surface area contributed by atoms with Gasteiger partial charge in [0.05, 0.1) is 19.2 Å². The highest BCUT2D eigenvalue weighted by atomic mass is 16.5. The Bertz CT molecular complexity index is 815. The van der Waals surface area contributed by atoms with Crippen molar-refractivity contribution in [2.45, 2.75) is 51.9 Å². The van der Waals surface area contributed by atoms with Gasteiger partial charge < -0.3 is 19.7 Å². The summed E-state index contributed by atoms with van der Waals surface area (Å²) in [7, 11) is 1.73. The van der Waals surface area contributed by atoms with E-state index in [2.05, 4.69) is 29.3 Å². The number of methoxy groups -OCH3 is 1. The molecule has 1 aromatic heterocycles. The van der Waals surface area contributed by atoms with Crippen LogP contribution in [0.4, 0.5) is 5.82 Å². The number of fused-ring (bicyclic) bond motifs is 3. The molecule has 0 spiro atoms. The van der Waals surface area contributed by atoms with Gasteiger partial charge in [0.15, 0.2) is 11.5 Å². The number of aromatic nitrogens is 1. The minimum absolute atomic E-state index is 0.713. The lowest BCUT2D eigenvalue weighted by molar-refractivity contribution is 0.254. The summed E-state index contributed by atoms with van der Waals surface area (Å²) in [6.07, 6.45) is 8.25. The Hall–Kier alpha value is -2.01. The third-order valence-electron chi connectivity index (χ3n) is 5.96. The first-order valence-corrected chi connectivity index (χ1v) is 10.9. The van der Waals surface area contributed by atoms with Crippen molar-refractivity contribution in [3.05, 3.63) is 23.3 Å². The van der Waals surface area contributed by atoms with Gasteiger partial charge in [-0.1, -0.05) is 6.92 Å². The molecule has 1 aromatic carbocycles. The Balaban J connectivity index is 1.55. The topological polar surface area (TPSA) is 46.6 Å². The summed E-state index contributed by atoms with van der Waals surface area (Å²) in [5, 5.41) is 4.75. The zero-order chi connectivity index (χ0) is 19.3. The second-order valence-electron chi connectivity index (χ2n) is 7.97. The summed E-state index contributed by atoms with van der Waals surface area (Å²) in [5.41, 5.74) is 3.83. The lowest BCUT2D eigenvalue weighted by Gasteiger charge is -2.17. The van der Waals surface area contributed by atoms with E-state index < -0.39 is 0 Å². The summed E-state index contributed by atoms with van der Waals surface area (Å²) in [5.74, 6) is 2.69. The normalized spacial score (nSPS) is 16.5. The first kappa shape index (κ1) is 19.3. The molecular formula is C23H33N3O2. The number of nitrogens with zero attached hydrogens (tertiary/aromatic N) is 2. The van der Waals surface area contributed by atoms with Crippen LogP contribution >= 0.6 is 0 Å². The zero-order valence-electron chi connectivity index (χ0n) is 17.4. The van der Waals surface area contributed by atoms with E-state index in [1.54, 1.807) is 7.11 Å². The maximum atomic E-state index is 6.12. The molecule has 1 fully saturated rings. The minimum Gasteiger partial charge on any atom is -0.493 e. The zero-order valence-corrected chi connectivity index (χ0v) is 17.4. The van der Waals surface area contributed by atoms with Crippen molar-refractivity contribution in [2.75, 3.05) is 45.2 Å². The van der Waals surface area contributed by atoms with Gasteiger partial charge in [0.1, 0.15) is 5.82 Å². The van der Waals surface area contributed by atoms with Crippen LogP contribution in [0.15, 0.2) is 12.1 Å². The van der Waals surface area contributed by atoms with Crippen LogP contribution in [0, 0.1) is 0 Å². The summed E-state index contributed by atoms with van der Waals surface area (Å²) < 4.78 is 11.8. The molecule has 5 heteroatoms. The number of likely N-dealkylation sites (tertiary alicyclic amines) is 1. The smallest absolute Gasteiger partial charge is 0.163 e. The predicted molar refractivity (Wildman–Crippen MR) is 115 cm³/mol. The number of benzene rings is 1. The van der Waals surface area contributed by atoms with Crippen LogP contribution in [0.2, 0.25) is 0 Å². The van der Waals surface area contributed by atoms with Gasteiger partial charge in [0, 0.05) is 24.5 Å². The predicted octanol–water partition coefficient (Wildman–Crippen LogP) is 4.42. The molecule has 0 amide bonds. The van der Waals surface area contributed by atoms with Crippen LogP contribution in [-0.2, 0) is 12.8 Å². The first-order chi connectivity index (χ1) is 13.8. The van der Waals surface area contributed by atoms with Crippen LogP contribution in [-0.4, -0.2) is 49.8 Å². The van der Waals surface area contributed by atoms with Gasteiger partial charge in [-0.25, -0.2) is 4.98 Å². The maximum absolute atomic E-state index is 6.12. The van der Waals surface area contributed by atoms with Crippen molar-refractivity contribution >= 4 is 16.7 Å². The molecule has 5 nitrogen and oxygen atoms in total. The quantitative estimate of drug-likeness (QED) is 0.650. The van der Waals surface area contributed by atoms with Gasteiger partial charge in [-0.3, -0.25) is 0 Å². The monoisotopic (exact) mass is 383 g/mol. The Kier molecular flexibility index (Phi) is 6.20. The Labute approximate surface area is 168 Å². The molecule has 28 heavy (non-hydrogen) atoms. The Morgan fingerprint density at radius 2 is 1.89 bits per heavy atom. The molecule has 1 saturated heterocycles. The van der Waals surface area contributed by atoms with E-state index in [9.17, 15) is 0 Å². The van der Waals surface area contributed by atoms with Crippen LogP contribution in [0.1, 0.15) is 50.2 Å². The van der Waals surface area contributed by atoms with Crippen molar-refractivity contribution in [3.8, 4) is 11.5 Å². The number of hydrogen-bond acceptors (Lipinski definition) is 5. The molecule has 2 aromatic rings. The van der Waals surface area contributed by atoms with Gasteiger partial charge in [0.2, 0.25) is 0 Å². The molecule has 2 aliphatic rings. The molecule has 1 N–H and O–H groups in total. The maximum Gasteiger partial charge on any atom is 0.163 e. The van der Waals surface area contributed by atoms with Crippen molar-refractivity contribution in [2.24, 2.45) is 0 Å². The molecule has 0 unspecified atom stereocenters. The van der Waals surface area contributed by atoms with Gasteiger partial charge in [-0.05, 0) is 75.2 Å². The van der Waals surface area contributed by atoms with E-state index in [1.165, 1.54) is 48.9 Å². The summed E-state index contributed by atoms with van der Waals surface area (Å²) >= 11 is 0. The van der Waals surface area contributed by atoms with Crippen molar-refractivity contribution in [1.29, 1.82) is 0 Å². The second-order valence-corrected chi connectivity index (χ2v) is 7.97. The summed E-state index contributed by atoms with van der Waals surface area (Å²) in [4.78, 5) is 7.48. The fourth-order valence-electron chi connectivity index (χ4n) is 4.51. The summed E-state index contributed by atoms with van der Waals surface area (Å²) in [6.45, 7) is 7.45. The van der Waals surface area contributed by atoms with Crippen molar-refractivity contribution in [1.82, 2.24) is 9.88 Å². The van der Waals surface area contributed by atoms with E-state index >= 15 is 0 Å². The number of pyridine rings is 1. The van der Waals surface area contributed by atoms with Gasteiger partial charge >= 0.3 is 0 Å². The molecular weight excluding hydrogens is 350 g/mol. The highest BCUT2D eigenvalue weighted by Crippen LogP contribution is 2.39. The van der Waals surface area contributed by atoms with E-state index in [0.29, 0.717) is 6.61 Å². The first-order valence-electron chi connectivity index (χ1n) is 10.9. The number of hydrogen-bond donors (Lipinski definition) is 1. The number of rotatable bonds is 9. The second kappa shape index (κ2) is 8.99. The molecule has 1 aliphatic carbocycles. The van der Waals surface area contributed by atoms with Crippen LogP contribution < -0.4 is 14.8 Å². The van der Waals surface area contributed by atoms with Gasteiger partial charge in [-0.15, -0.1) is 0 Å². The van der Waals surface area contributed by atoms with E-state index in [4.69, 9.17) is 14.5 Å². The van der Waals surface area contributed by atoms with Crippen molar-refractivity contribution < 1.29 is 9.47 Å². The molecule has 152 valence electrons. The Morgan fingerprint density at radius 1 is 1.07 bits per heavy atom. The molecule has 0 atom stereocenters. The lowest BCUT2D eigenvalue weighted by Crippen LogP contribution is -2.21. The highest BCUT2D eigenvalue weighted by Gasteiger charge is 2.21. The average molecular weight is 384 g/mol. The van der Waals surface area contributed by atoms with E-state index in [-0.39, 0.29) is 0 Å². The van der Waals surface area contributed by atoms with Gasteiger partial charge in [0.25, 0.3) is 0 Å². The Morgan fingerprint density at radius 3 is 2.68 bits per heavy atom. The number of ether oxygens (including phenoxy) is 2. The standard InChI is InChI=1S/C23H33N3O2/c1-3-10-24-23-18-9-6-8-17(18)19-15-21(27-2)22(16-20(19)25-23)28-14-7-13-26-11-4-5-12-26/h15-16H,3-14H2,1-2H3,(H,24,25). The van der Waals surface area contributed by atoms with Crippen LogP contribution in [0.5, 0.6) is 11.5 Å². The minimum atomic E-state index is 0.713. The molecule has 1 aliphatic heterocycles. The van der Waals surface area contributed by atoms with Gasteiger partial charge in [-0.2, -0.15) is 0 Å². The van der Waals surface area contributed by atoms with E-state index in [1.807, 2.05) is 0 Å². The molecule has 0 saturated carbocycles. The number of aryl methyl sites for hydroxylation is 1. The SMILES string of the molecule is CCCNc1nc2cc(OCCCN3CCCC3)c(OC)cc2c2c1CCC2. The fraction of sp³-hybridized carbons (Fsp3) is 0.609. The molecule has 0 bridgehead atoms. The average Bonchev–Trinajstić information content (AvgIpc) is 3.41. The van der Waals surface area contributed by atoms with Crippen LogP contribution in [0.25, 0.3) is 10.9 Å². The van der Waals surface area contributed by atoms with Crippen LogP contribution in [0.3, 0.4) is 0 Å². The lowest BCUT2D eigenvalue weighted by atomic mass is 10.0. The highest BCUT2D eigenvalue weighted by molar-refractivity contribution is 5.89. The largest absolute Gasteiger partial charge is 0.493 e. The third-order valence-corrected chi connectivity index (χ3v) is 5.96. The number of anilines is 1. The van der Waals surface area contributed by atoms with Crippen molar-refractivity contribution in [3.63, 3.8) is 0 Å². The van der Waals surface area contributed by atoms with E-state index in [0.717, 1.165) is 61.6 Å². The fourth-order valence-corrected chi connectivity index (χ4v) is 4.51. The molecule has 0 radical (unpaired) electrons.